The van der Waals surface area contributed by atoms with E-state index in [1.807, 2.05) is 24.3 Å². The SMILES string of the molecule is C1=CC2=C(c3ccccc3)C3=NC(=C(c4ccccc4)C4=NC(=C(c5ccccc5)C5=NC(=C(c6ccccc6)C1=N2)C=C5)C=C4)C=C3.[Cu]. The van der Waals surface area contributed by atoms with Gasteiger partial charge in [0.2, 0.25) is 0 Å². The van der Waals surface area contributed by atoms with E-state index in [-0.39, 0.29) is 17.1 Å². The van der Waals surface area contributed by atoms with Crippen LogP contribution in [0.3, 0.4) is 0 Å². The molecule has 49 heavy (non-hydrogen) atoms. The summed E-state index contributed by atoms with van der Waals surface area (Å²) in [5.74, 6) is 0. The molecule has 4 aromatic carbocycles. The van der Waals surface area contributed by atoms with Crippen LogP contribution < -0.4 is 0 Å². The molecule has 8 bridgehead atoms. The second kappa shape index (κ2) is 12.9. The standard InChI is InChI=1S/C44H28N4.Cu/c1-5-13-29(14-6-1)41-33-21-23-35(45-33)42(30-15-7-2-8-16-30)37-25-27-39(47-37)44(32-19-11-4-12-20-32)40-28-26-38(48-40)43(31-17-9-3-10-18-31)36-24-22-34(41)46-36;/h1-28H;. The molecule has 4 nitrogen and oxygen atoms in total. The molecule has 0 spiro atoms. The summed E-state index contributed by atoms with van der Waals surface area (Å²) in [6.45, 7) is 0. The maximum absolute atomic E-state index is 5.31. The molecule has 235 valence electrons. The summed E-state index contributed by atoms with van der Waals surface area (Å²) in [5.41, 5.74) is 15.0. The Morgan fingerprint density at radius 3 is 0.653 bits per heavy atom. The second-order valence-electron chi connectivity index (χ2n) is 11.8. The minimum absolute atomic E-state index is 0. The van der Waals surface area contributed by atoms with Crippen molar-refractivity contribution in [2.24, 2.45) is 20.0 Å². The fourth-order valence-electron chi connectivity index (χ4n) is 6.69. The van der Waals surface area contributed by atoms with Gasteiger partial charge in [-0.15, -0.1) is 0 Å². The largest absolute Gasteiger partial charge is 0.248 e. The topological polar surface area (TPSA) is 49.4 Å². The summed E-state index contributed by atoms with van der Waals surface area (Å²) in [5, 5.41) is 0. The second-order valence-corrected chi connectivity index (χ2v) is 11.8. The van der Waals surface area contributed by atoms with Gasteiger partial charge in [-0.1, -0.05) is 121 Å². The fraction of sp³-hybridized carbons (Fsp3) is 0. The van der Waals surface area contributed by atoms with Gasteiger partial charge in [-0.25, -0.2) is 20.0 Å². The molecule has 0 saturated carbocycles. The number of rotatable bonds is 4. The molecule has 0 N–H and O–H groups in total. The summed E-state index contributed by atoms with van der Waals surface area (Å²) in [6.07, 6.45) is 16.8. The molecule has 0 atom stereocenters. The number of hydrogen-bond acceptors (Lipinski definition) is 4. The Morgan fingerprint density at radius 2 is 0.449 bits per heavy atom. The maximum Gasteiger partial charge on any atom is 0.0738 e. The Morgan fingerprint density at radius 1 is 0.245 bits per heavy atom. The monoisotopic (exact) mass is 675 g/mol. The van der Waals surface area contributed by atoms with Crippen molar-refractivity contribution in [1.29, 1.82) is 0 Å². The average Bonchev–Trinajstić information content (AvgIpc) is 3.98. The zero-order valence-electron chi connectivity index (χ0n) is 26.3. The maximum atomic E-state index is 5.31. The van der Waals surface area contributed by atoms with Gasteiger partial charge in [-0.05, 0) is 70.9 Å². The number of aliphatic imine (C=N–C) groups is 4. The molecule has 0 unspecified atom stereocenters. The molecule has 5 heteroatoms. The summed E-state index contributed by atoms with van der Waals surface area (Å²) in [6, 6.07) is 41.6. The Kier molecular flexibility index (Phi) is 7.98. The molecule has 0 fully saturated rings. The van der Waals surface area contributed by atoms with Crippen molar-refractivity contribution >= 4 is 45.1 Å². The van der Waals surface area contributed by atoms with Crippen molar-refractivity contribution in [2.45, 2.75) is 0 Å². The van der Waals surface area contributed by atoms with Crippen molar-refractivity contribution in [1.82, 2.24) is 0 Å². The normalized spacial score (nSPS) is 17.5. The van der Waals surface area contributed by atoms with Crippen LogP contribution in [0.1, 0.15) is 22.3 Å². The predicted molar refractivity (Wildman–Crippen MR) is 200 cm³/mol. The van der Waals surface area contributed by atoms with Crippen molar-refractivity contribution < 1.29 is 17.1 Å². The van der Waals surface area contributed by atoms with Crippen LogP contribution >= 0.6 is 0 Å². The third-order valence-corrected chi connectivity index (χ3v) is 8.86. The third-order valence-electron chi connectivity index (χ3n) is 8.86. The predicted octanol–water partition coefficient (Wildman–Crippen LogP) is 9.69. The van der Waals surface area contributed by atoms with Crippen molar-refractivity contribution in [2.75, 3.05) is 0 Å². The van der Waals surface area contributed by atoms with Gasteiger partial charge in [0.15, 0.2) is 0 Å². The molecule has 5 heterocycles. The zero-order chi connectivity index (χ0) is 31.9. The Hall–Kier alpha value is -6.00. The third kappa shape index (κ3) is 5.55. The smallest absolute Gasteiger partial charge is 0.0738 e. The minimum Gasteiger partial charge on any atom is -0.248 e. The van der Waals surface area contributed by atoms with Gasteiger partial charge in [0.05, 0.1) is 45.6 Å². The van der Waals surface area contributed by atoms with Gasteiger partial charge >= 0.3 is 0 Å². The van der Waals surface area contributed by atoms with Crippen molar-refractivity contribution in [3.05, 3.63) is 215 Å². The van der Waals surface area contributed by atoms with E-state index in [9.17, 15) is 0 Å². The van der Waals surface area contributed by atoms with Gasteiger partial charge in [0.1, 0.15) is 0 Å². The first-order valence-electron chi connectivity index (χ1n) is 16.1. The number of nitrogens with zero attached hydrogens (tertiary/aromatic N) is 4. The first-order chi connectivity index (χ1) is 23.8. The molecule has 1 radical (unpaired) electrons. The molecule has 4 aromatic rings. The first-order valence-corrected chi connectivity index (χ1v) is 16.1. The van der Waals surface area contributed by atoms with Crippen LogP contribution in [0.2, 0.25) is 0 Å². The first kappa shape index (κ1) is 30.3. The molecule has 5 aliphatic heterocycles. The van der Waals surface area contributed by atoms with Crippen LogP contribution in [-0.4, -0.2) is 22.8 Å². The number of hydrogen-bond donors (Lipinski definition) is 0. The molecular formula is C44H28CuN4. The summed E-state index contributed by atoms with van der Waals surface area (Å²) in [7, 11) is 0. The van der Waals surface area contributed by atoms with Crippen LogP contribution in [0, 0.1) is 0 Å². The zero-order valence-corrected chi connectivity index (χ0v) is 27.2. The minimum atomic E-state index is 0. The van der Waals surface area contributed by atoms with Gasteiger partial charge in [-0.2, -0.15) is 0 Å². The summed E-state index contributed by atoms with van der Waals surface area (Å²) >= 11 is 0. The van der Waals surface area contributed by atoms with E-state index < -0.39 is 0 Å². The van der Waals surface area contributed by atoms with E-state index in [1.165, 1.54) is 0 Å². The molecule has 9 rings (SSSR count). The van der Waals surface area contributed by atoms with Gasteiger partial charge in [0, 0.05) is 39.4 Å². The molecular weight excluding hydrogens is 648 g/mol. The van der Waals surface area contributed by atoms with Crippen molar-refractivity contribution in [3.63, 3.8) is 0 Å². The fourth-order valence-corrected chi connectivity index (χ4v) is 6.69. The van der Waals surface area contributed by atoms with E-state index in [2.05, 4.69) is 146 Å². The van der Waals surface area contributed by atoms with E-state index in [4.69, 9.17) is 20.0 Å². The van der Waals surface area contributed by atoms with E-state index in [0.717, 1.165) is 90.2 Å². The Labute approximate surface area is 296 Å². The van der Waals surface area contributed by atoms with E-state index >= 15 is 0 Å². The average molecular weight is 676 g/mol. The molecule has 0 aromatic heterocycles. The quantitative estimate of drug-likeness (QED) is 0.194. The molecule has 5 aliphatic rings. The van der Waals surface area contributed by atoms with Crippen LogP contribution in [0.4, 0.5) is 0 Å². The number of benzene rings is 4. The van der Waals surface area contributed by atoms with Gasteiger partial charge in [-0.3, -0.25) is 0 Å². The van der Waals surface area contributed by atoms with Gasteiger partial charge < -0.3 is 0 Å². The summed E-state index contributed by atoms with van der Waals surface area (Å²) < 4.78 is 0. The Bertz CT molecular complexity index is 2040. The summed E-state index contributed by atoms with van der Waals surface area (Å²) in [4.78, 5) is 21.2. The van der Waals surface area contributed by atoms with Crippen LogP contribution in [-0.2, 0) is 17.1 Å². The van der Waals surface area contributed by atoms with Crippen LogP contribution in [0.5, 0.6) is 0 Å². The number of allylic oxidation sites excluding steroid dienone is 12. The molecule has 0 saturated heterocycles. The molecule has 0 amide bonds. The van der Waals surface area contributed by atoms with E-state index in [0.29, 0.717) is 0 Å². The van der Waals surface area contributed by atoms with E-state index in [1.54, 1.807) is 0 Å². The van der Waals surface area contributed by atoms with Gasteiger partial charge in [0.25, 0.3) is 0 Å². The van der Waals surface area contributed by atoms with Crippen LogP contribution in [0.25, 0.3) is 22.3 Å². The number of fused-ring (bicyclic) bond motifs is 4. The van der Waals surface area contributed by atoms with Crippen LogP contribution in [0.15, 0.2) is 213 Å². The Balaban J connectivity index is 0.00000348. The molecule has 0 aliphatic carbocycles. The van der Waals surface area contributed by atoms with Crippen molar-refractivity contribution in [3.8, 4) is 0 Å².